The molecule has 0 aromatic heterocycles. The van der Waals surface area contributed by atoms with Crippen molar-refractivity contribution in [2.45, 2.75) is 13.5 Å². The first-order valence-corrected chi connectivity index (χ1v) is 8.47. The number of rotatable bonds is 5. The highest BCUT2D eigenvalue weighted by Crippen LogP contribution is 2.19. The number of carbonyl (C=O) groups is 1. The fourth-order valence-corrected chi connectivity index (χ4v) is 2.65. The molecule has 1 amide bonds. The first kappa shape index (κ1) is 17.6. The van der Waals surface area contributed by atoms with Gasteiger partial charge in [-0.3, -0.25) is 4.79 Å². The first-order valence-electron chi connectivity index (χ1n) is 8.47. The van der Waals surface area contributed by atoms with Gasteiger partial charge < -0.3 is 4.90 Å². The zero-order chi connectivity index (χ0) is 18.4. The van der Waals surface area contributed by atoms with E-state index in [1.807, 2.05) is 61.5 Å². The SMILES string of the molecule is Cc1ccc(N(Cc2ccccc2)C(=O)/C=C/c2cccc(F)c2)cc1. The zero-order valence-electron chi connectivity index (χ0n) is 14.6. The van der Waals surface area contributed by atoms with E-state index in [1.165, 1.54) is 18.2 Å². The van der Waals surface area contributed by atoms with Crippen LogP contribution in [0.1, 0.15) is 16.7 Å². The average Bonchev–Trinajstić information content (AvgIpc) is 2.66. The Hall–Kier alpha value is -3.20. The van der Waals surface area contributed by atoms with Crippen LogP contribution in [0.2, 0.25) is 0 Å². The molecule has 0 bridgehead atoms. The van der Waals surface area contributed by atoms with Crippen molar-refractivity contribution in [1.29, 1.82) is 0 Å². The van der Waals surface area contributed by atoms with Gasteiger partial charge in [0, 0.05) is 11.8 Å². The fourth-order valence-electron chi connectivity index (χ4n) is 2.65. The molecule has 0 aliphatic rings. The Balaban J connectivity index is 1.86. The van der Waals surface area contributed by atoms with E-state index >= 15 is 0 Å². The third-order valence-electron chi connectivity index (χ3n) is 4.06. The van der Waals surface area contributed by atoms with Crippen LogP contribution in [-0.4, -0.2) is 5.91 Å². The summed E-state index contributed by atoms with van der Waals surface area (Å²) in [5.41, 5.74) is 3.66. The minimum Gasteiger partial charge on any atom is -0.304 e. The first-order chi connectivity index (χ1) is 12.6. The van der Waals surface area contributed by atoms with Crippen LogP contribution in [0.5, 0.6) is 0 Å². The number of nitrogens with zero attached hydrogens (tertiary/aromatic N) is 1. The van der Waals surface area contributed by atoms with E-state index in [0.717, 1.165) is 16.8 Å². The van der Waals surface area contributed by atoms with Crippen molar-refractivity contribution in [3.8, 4) is 0 Å². The molecule has 0 heterocycles. The second-order valence-electron chi connectivity index (χ2n) is 6.13. The molecule has 0 spiro atoms. The summed E-state index contributed by atoms with van der Waals surface area (Å²) in [6, 6.07) is 23.9. The Bertz CT molecular complexity index is 901. The highest BCUT2D eigenvalue weighted by molar-refractivity contribution is 6.03. The van der Waals surface area contributed by atoms with Gasteiger partial charge in [0.25, 0.3) is 5.91 Å². The van der Waals surface area contributed by atoms with Crippen molar-refractivity contribution in [2.75, 3.05) is 4.90 Å². The van der Waals surface area contributed by atoms with Gasteiger partial charge in [-0.15, -0.1) is 0 Å². The molecule has 0 unspecified atom stereocenters. The number of halogens is 1. The maximum absolute atomic E-state index is 13.3. The van der Waals surface area contributed by atoms with Gasteiger partial charge in [-0.05, 0) is 48.4 Å². The fraction of sp³-hybridized carbons (Fsp3) is 0.0870. The van der Waals surface area contributed by atoms with E-state index in [-0.39, 0.29) is 11.7 Å². The van der Waals surface area contributed by atoms with Crippen LogP contribution in [0.4, 0.5) is 10.1 Å². The molecular formula is C23H20FNO. The Kier molecular flexibility index (Phi) is 5.59. The van der Waals surface area contributed by atoms with Crippen molar-refractivity contribution in [2.24, 2.45) is 0 Å². The van der Waals surface area contributed by atoms with E-state index in [0.29, 0.717) is 12.1 Å². The van der Waals surface area contributed by atoms with Crippen molar-refractivity contribution in [3.63, 3.8) is 0 Å². The van der Waals surface area contributed by atoms with E-state index in [2.05, 4.69) is 0 Å². The van der Waals surface area contributed by atoms with Crippen molar-refractivity contribution in [1.82, 2.24) is 0 Å². The third kappa shape index (κ3) is 4.67. The number of anilines is 1. The minimum atomic E-state index is -0.320. The summed E-state index contributed by atoms with van der Waals surface area (Å²) in [4.78, 5) is 14.5. The van der Waals surface area contributed by atoms with Crippen LogP contribution >= 0.6 is 0 Å². The molecule has 2 nitrogen and oxygen atoms in total. The van der Waals surface area contributed by atoms with Gasteiger partial charge in [-0.2, -0.15) is 0 Å². The van der Waals surface area contributed by atoms with Crippen molar-refractivity contribution in [3.05, 3.63) is 107 Å². The van der Waals surface area contributed by atoms with Crippen LogP contribution < -0.4 is 4.90 Å². The van der Waals surface area contributed by atoms with Gasteiger partial charge in [-0.25, -0.2) is 4.39 Å². The zero-order valence-corrected chi connectivity index (χ0v) is 14.6. The molecule has 0 N–H and O–H groups in total. The summed E-state index contributed by atoms with van der Waals surface area (Å²) < 4.78 is 13.3. The molecule has 0 saturated heterocycles. The van der Waals surface area contributed by atoms with E-state index < -0.39 is 0 Å². The minimum absolute atomic E-state index is 0.151. The van der Waals surface area contributed by atoms with Crippen LogP contribution in [0, 0.1) is 12.7 Å². The number of aryl methyl sites for hydroxylation is 1. The summed E-state index contributed by atoms with van der Waals surface area (Å²) in [5.74, 6) is -0.471. The molecule has 0 atom stereocenters. The molecule has 3 aromatic carbocycles. The topological polar surface area (TPSA) is 20.3 Å². The summed E-state index contributed by atoms with van der Waals surface area (Å²) >= 11 is 0. The monoisotopic (exact) mass is 345 g/mol. The van der Waals surface area contributed by atoms with Gasteiger partial charge in [-0.1, -0.05) is 60.2 Å². The third-order valence-corrected chi connectivity index (χ3v) is 4.06. The molecule has 130 valence electrons. The van der Waals surface area contributed by atoms with Crippen molar-refractivity contribution < 1.29 is 9.18 Å². The average molecular weight is 345 g/mol. The largest absolute Gasteiger partial charge is 0.304 e. The van der Waals surface area contributed by atoms with Gasteiger partial charge in [0.1, 0.15) is 5.82 Å². The molecule has 3 rings (SSSR count). The van der Waals surface area contributed by atoms with E-state index in [9.17, 15) is 9.18 Å². The van der Waals surface area contributed by atoms with Gasteiger partial charge in [0.15, 0.2) is 0 Å². The normalized spacial score (nSPS) is 10.8. The van der Waals surface area contributed by atoms with Gasteiger partial charge in [0.05, 0.1) is 6.54 Å². The molecule has 26 heavy (non-hydrogen) atoms. The molecule has 0 aliphatic heterocycles. The van der Waals surface area contributed by atoms with Crippen LogP contribution in [0.15, 0.2) is 84.9 Å². The Morgan fingerprint density at radius 3 is 2.38 bits per heavy atom. The lowest BCUT2D eigenvalue weighted by atomic mass is 10.1. The number of hydrogen-bond acceptors (Lipinski definition) is 1. The molecule has 0 radical (unpaired) electrons. The molecule has 3 heteroatoms. The molecule has 3 aromatic rings. The van der Waals surface area contributed by atoms with Gasteiger partial charge >= 0.3 is 0 Å². The quantitative estimate of drug-likeness (QED) is 0.569. The standard InChI is InChI=1S/C23H20FNO/c1-18-10-13-22(14-11-18)25(17-20-6-3-2-4-7-20)23(26)15-12-19-8-5-9-21(24)16-19/h2-16H,17H2,1H3/b15-12+. The molecule has 0 fully saturated rings. The highest BCUT2D eigenvalue weighted by atomic mass is 19.1. The summed E-state index contributed by atoms with van der Waals surface area (Å²) in [5, 5.41) is 0. The molecule has 0 saturated carbocycles. The Morgan fingerprint density at radius 2 is 1.69 bits per heavy atom. The smallest absolute Gasteiger partial charge is 0.251 e. The molecular weight excluding hydrogens is 325 g/mol. The van der Waals surface area contributed by atoms with Crippen molar-refractivity contribution >= 4 is 17.7 Å². The second-order valence-corrected chi connectivity index (χ2v) is 6.13. The number of amides is 1. The van der Waals surface area contributed by atoms with E-state index in [4.69, 9.17) is 0 Å². The predicted molar refractivity (Wildman–Crippen MR) is 104 cm³/mol. The summed E-state index contributed by atoms with van der Waals surface area (Å²) in [7, 11) is 0. The van der Waals surface area contributed by atoms with E-state index in [1.54, 1.807) is 23.1 Å². The lowest BCUT2D eigenvalue weighted by Crippen LogP contribution is -2.28. The number of carbonyl (C=O) groups excluding carboxylic acids is 1. The molecule has 0 aliphatic carbocycles. The maximum Gasteiger partial charge on any atom is 0.251 e. The number of benzene rings is 3. The number of hydrogen-bond donors (Lipinski definition) is 0. The Labute approximate surface area is 153 Å². The maximum atomic E-state index is 13.3. The summed E-state index contributed by atoms with van der Waals surface area (Å²) in [6.45, 7) is 2.48. The summed E-state index contributed by atoms with van der Waals surface area (Å²) in [6.07, 6.45) is 3.12. The lowest BCUT2D eigenvalue weighted by molar-refractivity contribution is -0.114. The van der Waals surface area contributed by atoms with Crippen LogP contribution in [-0.2, 0) is 11.3 Å². The predicted octanol–water partition coefficient (Wildman–Crippen LogP) is 5.38. The lowest BCUT2D eigenvalue weighted by Gasteiger charge is -2.22. The van der Waals surface area contributed by atoms with Crippen LogP contribution in [0.25, 0.3) is 6.08 Å². The second kappa shape index (κ2) is 8.26. The van der Waals surface area contributed by atoms with Crippen LogP contribution in [0.3, 0.4) is 0 Å². The van der Waals surface area contributed by atoms with Gasteiger partial charge in [0.2, 0.25) is 0 Å². The highest BCUT2D eigenvalue weighted by Gasteiger charge is 2.13. The Morgan fingerprint density at radius 1 is 0.962 bits per heavy atom.